The van der Waals surface area contributed by atoms with Crippen molar-refractivity contribution in [1.82, 2.24) is 14.7 Å². The third-order valence-electron chi connectivity index (χ3n) is 4.67. The molecule has 19 heavy (non-hydrogen) atoms. The fourth-order valence-corrected chi connectivity index (χ4v) is 3.40. The summed E-state index contributed by atoms with van der Waals surface area (Å²) >= 11 is 0. The van der Waals surface area contributed by atoms with Crippen LogP contribution in [-0.4, -0.2) is 80.7 Å². The van der Waals surface area contributed by atoms with Gasteiger partial charge in [-0.05, 0) is 39.3 Å². The molecule has 1 aliphatic heterocycles. The number of nitrogens with zero attached hydrogens (tertiary/aromatic N) is 3. The van der Waals surface area contributed by atoms with Gasteiger partial charge in [-0.2, -0.15) is 0 Å². The monoisotopic (exact) mass is 268 g/mol. The molecule has 1 aliphatic carbocycles. The zero-order chi connectivity index (χ0) is 13.7. The summed E-state index contributed by atoms with van der Waals surface area (Å²) in [5.41, 5.74) is 6.09. The van der Waals surface area contributed by atoms with Gasteiger partial charge in [0.25, 0.3) is 0 Å². The van der Waals surface area contributed by atoms with E-state index in [9.17, 15) is 0 Å². The van der Waals surface area contributed by atoms with Gasteiger partial charge < -0.3 is 15.5 Å². The minimum absolute atomic E-state index is 0.472. The Bertz CT molecular complexity index is 249. The van der Waals surface area contributed by atoms with Crippen LogP contribution in [0, 0.1) is 5.92 Å². The van der Waals surface area contributed by atoms with Gasteiger partial charge in [0.2, 0.25) is 0 Å². The predicted molar refractivity (Wildman–Crippen MR) is 81.4 cm³/mol. The Balaban J connectivity index is 1.63. The van der Waals surface area contributed by atoms with Crippen molar-refractivity contribution in [3.63, 3.8) is 0 Å². The minimum Gasteiger partial charge on any atom is -0.328 e. The zero-order valence-electron chi connectivity index (χ0n) is 12.9. The van der Waals surface area contributed by atoms with E-state index in [2.05, 4.69) is 28.8 Å². The van der Waals surface area contributed by atoms with Gasteiger partial charge in [0, 0.05) is 51.9 Å². The second-order valence-corrected chi connectivity index (χ2v) is 6.74. The quantitative estimate of drug-likeness (QED) is 0.795. The van der Waals surface area contributed by atoms with Crippen molar-refractivity contribution in [2.75, 3.05) is 59.9 Å². The highest BCUT2D eigenvalue weighted by Crippen LogP contribution is 2.24. The van der Waals surface area contributed by atoms with Crippen LogP contribution in [0.2, 0.25) is 0 Å². The first kappa shape index (κ1) is 15.2. The van der Waals surface area contributed by atoms with Gasteiger partial charge in [-0.3, -0.25) is 4.90 Å². The number of likely N-dealkylation sites (N-methyl/N-ethyl adjacent to an activating group) is 1. The van der Waals surface area contributed by atoms with E-state index in [0.717, 1.165) is 5.92 Å². The molecule has 4 nitrogen and oxygen atoms in total. The maximum Gasteiger partial charge on any atom is 0.0110 e. The molecule has 0 aromatic heterocycles. The highest BCUT2D eigenvalue weighted by molar-refractivity contribution is 4.80. The maximum atomic E-state index is 6.09. The zero-order valence-corrected chi connectivity index (χ0v) is 12.9. The number of piperazine rings is 1. The SMILES string of the molecule is CN(C)CCN1CCN(CC2CCCC(N)C2)CC1. The standard InChI is InChI=1S/C15H32N4/c1-17(2)6-7-18-8-10-19(11-9-18)13-14-4-3-5-15(16)12-14/h14-15H,3-13,16H2,1-2H3. The third kappa shape index (κ3) is 5.38. The average Bonchev–Trinajstić information content (AvgIpc) is 2.38. The Kier molecular flexibility index (Phi) is 6.07. The van der Waals surface area contributed by atoms with E-state index in [1.165, 1.54) is 71.5 Å². The first-order valence-electron chi connectivity index (χ1n) is 7.98. The first-order chi connectivity index (χ1) is 9.13. The van der Waals surface area contributed by atoms with Crippen molar-refractivity contribution < 1.29 is 0 Å². The molecule has 0 aromatic carbocycles. The third-order valence-corrected chi connectivity index (χ3v) is 4.67. The summed E-state index contributed by atoms with van der Waals surface area (Å²) in [7, 11) is 4.31. The molecular formula is C15H32N4. The molecule has 0 bridgehead atoms. The Morgan fingerprint density at radius 1 is 1.05 bits per heavy atom. The molecule has 2 fully saturated rings. The second kappa shape index (κ2) is 7.58. The fourth-order valence-electron chi connectivity index (χ4n) is 3.40. The molecule has 1 saturated carbocycles. The van der Waals surface area contributed by atoms with Gasteiger partial charge >= 0.3 is 0 Å². The molecule has 0 radical (unpaired) electrons. The van der Waals surface area contributed by atoms with Crippen molar-refractivity contribution in [3.8, 4) is 0 Å². The maximum absolute atomic E-state index is 6.09. The number of hydrogen-bond acceptors (Lipinski definition) is 4. The van der Waals surface area contributed by atoms with Crippen LogP contribution in [0.25, 0.3) is 0 Å². The molecule has 0 spiro atoms. The van der Waals surface area contributed by atoms with Crippen molar-refractivity contribution in [2.24, 2.45) is 11.7 Å². The van der Waals surface area contributed by atoms with Gasteiger partial charge in [-0.1, -0.05) is 6.42 Å². The summed E-state index contributed by atoms with van der Waals surface area (Å²) in [6, 6.07) is 0.472. The van der Waals surface area contributed by atoms with Gasteiger partial charge in [-0.15, -0.1) is 0 Å². The molecule has 2 rings (SSSR count). The number of hydrogen-bond donors (Lipinski definition) is 1. The van der Waals surface area contributed by atoms with Crippen LogP contribution in [0.1, 0.15) is 25.7 Å². The Morgan fingerprint density at radius 3 is 2.37 bits per heavy atom. The van der Waals surface area contributed by atoms with Gasteiger partial charge in [-0.25, -0.2) is 0 Å². The molecule has 2 unspecified atom stereocenters. The normalized spacial score (nSPS) is 30.9. The van der Waals surface area contributed by atoms with E-state index in [1.54, 1.807) is 0 Å². The van der Waals surface area contributed by atoms with Crippen LogP contribution in [0.4, 0.5) is 0 Å². The fraction of sp³-hybridized carbons (Fsp3) is 1.00. The summed E-state index contributed by atoms with van der Waals surface area (Å²) in [5, 5.41) is 0. The van der Waals surface area contributed by atoms with Crippen LogP contribution < -0.4 is 5.73 Å². The topological polar surface area (TPSA) is 35.7 Å². The smallest absolute Gasteiger partial charge is 0.0110 e. The summed E-state index contributed by atoms with van der Waals surface area (Å²) in [6.07, 6.45) is 5.23. The molecule has 0 amide bonds. The van der Waals surface area contributed by atoms with Crippen LogP contribution in [0.5, 0.6) is 0 Å². The summed E-state index contributed by atoms with van der Waals surface area (Å²) in [6.45, 7) is 8.67. The Labute approximate surface area is 118 Å². The van der Waals surface area contributed by atoms with Crippen molar-refractivity contribution in [1.29, 1.82) is 0 Å². The molecule has 112 valence electrons. The highest BCUT2D eigenvalue weighted by atomic mass is 15.3. The van der Waals surface area contributed by atoms with Crippen molar-refractivity contribution in [2.45, 2.75) is 31.7 Å². The molecule has 4 heteroatoms. The Morgan fingerprint density at radius 2 is 1.74 bits per heavy atom. The largest absolute Gasteiger partial charge is 0.328 e. The molecule has 2 aliphatic rings. The van der Waals surface area contributed by atoms with E-state index < -0.39 is 0 Å². The van der Waals surface area contributed by atoms with E-state index in [4.69, 9.17) is 5.73 Å². The first-order valence-corrected chi connectivity index (χ1v) is 7.98. The molecule has 2 N–H and O–H groups in total. The lowest BCUT2D eigenvalue weighted by Crippen LogP contribution is -2.49. The number of nitrogens with two attached hydrogens (primary N) is 1. The molecule has 1 saturated heterocycles. The minimum atomic E-state index is 0.472. The van der Waals surface area contributed by atoms with Crippen LogP contribution in [0.3, 0.4) is 0 Å². The lowest BCUT2D eigenvalue weighted by molar-refractivity contribution is 0.103. The van der Waals surface area contributed by atoms with E-state index in [1.807, 2.05) is 0 Å². The molecule has 2 atom stereocenters. The van der Waals surface area contributed by atoms with Crippen molar-refractivity contribution in [3.05, 3.63) is 0 Å². The van der Waals surface area contributed by atoms with E-state index in [-0.39, 0.29) is 0 Å². The molecule has 1 heterocycles. The predicted octanol–water partition coefficient (Wildman–Crippen LogP) is 0.683. The summed E-state index contributed by atoms with van der Waals surface area (Å²) in [4.78, 5) is 7.54. The van der Waals surface area contributed by atoms with Crippen LogP contribution in [-0.2, 0) is 0 Å². The van der Waals surface area contributed by atoms with Crippen LogP contribution >= 0.6 is 0 Å². The summed E-state index contributed by atoms with van der Waals surface area (Å²) in [5.74, 6) is 0.858. The second-order valence-electron chi connectivity index (χ2n) is 6.74. The Hall–Kier alpha value is -0.160. The highest BCUT2D eigenvalue weighted by Gasteiger charge is 2.23. The van der Waals surface area contributed by atoms with Gasteiger partial charge in [0.1, 0.15) is 0 Å². The molecular weight excluding hydrogens is 236 g/mol. The van der Waals surface area contributed by atoms with Crippen LogP contribution in [0.15, 0.2) is 0 Å². The average molecular weight is 268 g/mol. The van der Waals surface area contributed by atoms with E-state index >= 15 is 0 Å². The van der Waals surface area contributed by atoms with E-state index in [0.29, 0.717) is 6.04 Å². The summed E-state index contributed by atoms with van der Waals surface area (Å²) < 4.78 is 0. The lowest BCUT2D eigenvalue weighted by Gasteiger charge is -2.38. The lowest BCUT2D eigenvalue weighted by atomic mass is 9.86. The van der Waals surface area contributed by atoms with Crippen molar-refractivity contribution >= 4 is 0 Å². The molecule has 0 aromatic rings. The van der Waals surface area contributed by atoms with Gasteiger partial charge in [0.05, 0.1) is 0 Å². The number of rotatable bonds is 5. The van der Waals surface area contributed by atoms with Gasteiger partial charge in [0.15, 0.2) is 0 Å².